The second-order valence-electron chi connectivity index (χ2n) is 9.18. The Bertz CT molecular complexity index is 907. The number of carbonyl (C=O) groups is 1. The Morgan fingerprint density at radius 3 is 2.41 bits per heavy atom. The summed E-state index contributed by atoms with van der Waals surface area (Å²) in [5.41, 5.74) is 6.85. The molecule has 2 fully saturated rings. The minimum atomic E-state index is 0.283. The molecule has 2 aliphatic rings. The third-order valence-electron chi connectivity index (χ3n) is 7.00. The number of thiophene rings is 1. The normalized spacial score (nSPS) is 18.2. The molecule has 4 rings (SSSR count). The minimum absolute atomic E-state index is 0.283. The summed E-state index contributed by atoms with van der Waals surface area (Å²) in [6, 6.07) is 9.20. The second kappa shape index (κ2) is 9.00. The quantitative estimate of drug-likeness (QED) is 0.425. The Labute approximate surface area is 180 Å². The zero-order chi connectivity index (χ0) is 20.4. The van der Waals surface area contributed by atoms with Crippen molar-refractivity contribution in [2.24, 2.45) is 11.8 Å². The number of aryl methyl sites for hydroxylation is 2. The number of rotatable bonds is 7. The van der Waals surface area contributed by atoms with E-state index in [9.17, 15) is 4.79 Å². The molecule has 1 heterocycles. The van der Waals surface area contributed by atoms with Crippen molar-refractivity contribution >= 4 is 28.8 Å². The first-order chi connectivity index (χ1) is 14.0. The fourth-order valence-corrected chi connectivity index (χ4v) is 6.08. The van der Waals surface area contributed by atoms with Gasteiger partial charge in [0.15, 0.2) is 5.78 Å². The number of allylic oxidation sites excluding steroid dienone is 1. The molecule has 2 aliphatic carbocycles. The minimum Gasteiger partial charge on any atom is -0.293 e. The van der Waals surface area contributed by atoms with Crippen LogP contribution in [-0.2, 0) is 6.42 Å². The molecular formula is C27H34OS. The lowest BCUT2D eigenvalue weighted by atomic mass is 9.82. The van der Waals surface area contributed by atoms with Crippen molar-refractivity contribution in [3.8, 4) is 0 Å². The lowest BCUT2D eigenvalue weighted by Crippen LogP contribution is -2.20. The average molecular weight is 407 g/mol. The Morgan fingerprint density at radius 1 is 1.03 bits per heavy atom. The monoisotopic (exact) mass is 406 g/mol. The van der Waals surface area contributed by atoms with Gasteiger partial charge in [0.1, 0.15) is 0 Å². The zero-order valence-corrected chi connectivity index (χ0v) is 19.0. The van der Waals surface area contributed by atoms with Gasteiger partial charge in [0.25, 0.3) is 0 Å². The van der Waals surface area contributed by atoms with E-state index in [4.69, 9.17) is 0 Å². The van der Waals surface area contributed by atoms with E-state index < -0.39 is 0 Å². The highest BCUT2D eigenvalue weighted by atomic mass is 32.1. The van der Waals surface area contributed by atoms with Crippen molar-refractivity contribution in [1.82, 2.24) is 0 Å². The summed E-state index contributed by atoms with van der Waals surface area (Å²) in [5.74, 6) is 1.54. The number of hydrogen-bond donors (Lipinski definition) is 0. The number of ketones is 1. The molecule has 0 bridgehead atoms. The molecule has 0 amide bonds. The third-order valence-corrected chi connectivity index (χ3v) is 8.20. The molecule has 154 valence electrons. The molecule has 0 N–H and O–H groups in total. The van der Waals surface area contributed by atoms with Crippen LogP contribution in [0.1, 0.15) is 95.1 Å². The Morgan fingerprint density at radius 2 is 1.79 bits per heavy atom. The van der Waals surface area contributed by atoms with Crippen LogP contribution in [0, 0.1) is 25.7 Å². The summed E-state index contributed by atoms with van der Waals surface area (Å²) in [4.78, 5) is 14.8. The maximum Gasteiger partial charge on any atom is 0.175 e. The van der Waals surface area contributed by atoms with Crippen LogP contribution in [0.3, 0.4) is 0 Å². The molecule has 1 nitrogen and oxygen atoms in total. The molecule has 0 unspecified atom stereocenters. The maximum atomic E-state index is 12.6. The lowest BCUT2D eigenvalue weighted by molar-refractivity contribution is 0.0859. The highest BCUT2D eigenvalue weighted by molar-refractivity contribution is 7.15. The first kappa shape index (κ1) is 20.6. The summed E-state index contributed by atoms with van der Waals surface area (Å²) < 4.78 is 0. The maximum absolute atomic E-state index is 12.6. The number of benzene rings is 1. The summed E-state index contributed by atoms with van der Waals surface area (Å²) in [7, 11) is 0. The molecule has 2 heteroatoms. The van der Waals surface area contributed by atoms with Crippen molar-refractivity contribution < 1.29 is 4.79 Å². The zero-order valence-electron chi connectivity index (χ0n) is 18.2. The SMILES string of the molecule is CC/C(=C\c1sc(C(=O)C2CCC2)cc1C)c1ccc(CC2CCCC2)cc1C. The molecule has 29 heavy (non-hydrogen) atoms. The van der Waals surface area contributed by atoms with Gasteiger partial charge in [0.05, 0.1) is 4.88 Å². The van der Waals surface area contributed by atoms with E-state index in [0.29, 0.717) is 5.78 Å². The molecule has 2 saturated carbocycles. The van der Waals surface area contributed by atoms with Gasteiger partial charge in [-0.05, 0) is 85.4 Å². The van der Waals surface area contributed by atoms with Crippen molar-refractivity contribution in [3.05, 3.63) is 56.3 Å². The van der Waals surface area contributed by atoms with Crippen molar-refractivity contribution in [3.63, 3.8) is 0 Å². The fraction of sp³-hybridized carbons (Fsp3) is 0.519. The molecule has 0 spiro atoms. The fourth-order valence-electron chi connectivity index (χ4n) is 4.92. The van der Waals surface area contributed by atoms with Crippen LogP contribution in [0.4, 0.5) is 0 Å². The number of hydrogen-bond acceptors (Lipinski definition) is 2. The van der Waals surface area contributed by atoms with Crippen molar-refractivity contribution in [1.29, 1.82) is 0 Å². The molecule has 0 saturated heterocycles. The van der Waals surface area contributed by atoms with Crippen LogP contribution >= 0.6 is 11.3 Å². The van der Waals surface area contributed by atoms with Gasteiger partial charge in [-0.25, -0.2) is 0 Å². The first-order valence-corrected chi connectivity index (χ1v) is 12.3. The predicted molar refractivity (Wildman–Crippen MR) is 126 cm³/mol. The Hall–Kier alpha value is -1.67. The van der Waals surface area contributed by atoms with Crippen molar-refractivity contribution in [2.75, 3.05) is 0 Å². The van der Waals surface area contributed by atoms with Crippen LogP contribution < -0.4 is 0 Å². The predicted octanol–water partition coefficient (Wildman–Crippen LogP) is 8.03. The summed E-state index contributed by atoms with van der Waals surface area (Å²) in [6.07, 6.45) is 13.6. The van der Waals surface area contributed by atoms with Gasteiger partial charge < -0.3 is 0 Å². The van der Waals surface area contributed by atoms with Crippen LogP contribution in [0.25, 0.3) is 11.6 Å². The van der Waals surface area contributed by atoms with Gasteiger partial charge >= 0.3 is 0 Å². The van der Waals surface area contributed by atoms with E-state index in [2.05, 4.69) is 51.1 Å². The highest BCUT2D eigenvalue weighted by Crippen LogP contribution is 2.35. The molecule has 2 aromatic rings. The Kier molecular flexibility index (Phi) is 6.39. The van der Waals surface area contributed by atoms with E-state index in [-0.39, 0.29) is 5.92 Å². The first-order valence-electron chi connectivity index (χ1n) is 11.5. The molecule has 0 radical (unpaired) electrons. The van der Waals surface area contributed by atoms with Crippen LogP contribution in [0.2, 0.25) is 0 Å². The third kappa shape index (κ3) is 4.58. The lowest BCUT2D eigenvalue weighted by Gasteiger charge is -2.22. The summed E-state index contributed by atoms with van der Waals surface area (Å²) in [5, 5.41) is 0. The second-order valence-corrected chi connectivity index (χ2v) is 10.3. The van der Waals surface area contributed by atoms with E-state index in [1.54, 1.807) is 11.3 Å². The highest BCUT2D eigenvalue weighted by Gasteiger charge is 2.27. The summed E-state index contributed by atoms with van der Waals surface area (Å²) in [6.45, 7) is 6.63. The van der Waals surface area contributed by atoms with Gasteiger partial charge in [-0.15, -0.1) is 11.3 Å². The molecule has 1 aromatic carbocycles. The van der Waals surface area contributed by atoms with E-state index in [1.165, 1.54) is 71.2 Å². The van der Waals surface area contributed by atoms with Gasteiger partial charge in [0.2, 0.25) is 0 Å². The van der Waals surface area contributed by atoms with Crippen LogP contribution in [-0.4, -0.2) is 5.78 Å². The molecule has 0 atom stereocenters. The van der Waals surface area contributed by atoms with Gasteiger partial charge in [-0.1, -0.05) is 57.2 Å². The molecule has 1 aromatic heterocycles. The van der Waals surface area contributed by atoms with Crippen LogP contribution in [0.5, 0.6) is 0 Å². The van der Waals surface area contributed by atoms with Gasteiger partial charge in [-0.2, -0.15) is 0 Å². The van der Waals surface area contributed by atoms with E-state index in [0.717, 1.165) is 30.1 Å². The number of carbonyl (C=O) groups excluding carboxylic acids is 1. The topological polar surface area (TPSA) is 17.1 Å². The van der Waals surface area contributed by atoms with E-state index >= 15 is 0 Å². The van der Waals surface area contributed by atoms with Crippen molar-refractivity contribution in [2.45, 2.75) is 78.6 Å². The van der Waals surface area contributed by atoms with Gasteiger partial charge in [0, 0.05) is 10.8 Å². The van der Waals surface area contributed by atoms with E-state index in [1.807, 2.05) is 0 Å². The standard InChI is InChI=1S/C27H34OS/c1-4-22(17-25-19(3)15-26(29-25)27(28)23-10-7-11-23)24-13-12-21(14-18(24)2)16-20-8-5-6-9-20/h12-15,17,20,23H,4-11,16H2,1-3H3/b22-17+. The van der Waals surface area contributed by atoms with Crippen LogP contribution in [0.15, 0.2) is 24.3 Å². The molecular weight excluding hydrogens is 372 g/mol. The average Bonchev–Trinajstić information content (AvgIpc) is 3.29. The number of Topliss-reactive ketones (excluding diaryl/α,β-unsaturated/α-hetero) is 1. The summed E-state index contributed by atoms with van der Waals surface area (Å²) >= 11 is 1.69. The van der Waals surface area contributed by atoms with Gasteiger partial charge in [-0.3, -0.25) is 4.79 Å². The molecule has 0 aliphatic heterocycles. The Balaban J connectivity index is 1.55. The smallest absolute Gasteiger partial charge is 0.175 e. The largest absolute Gasteiger partial charge is 0.293 e.